The standard InChI is InChI=1S/C11H18N2O2S/c1-3-4-9-16(14,15)13-11-7-5-10(12-2)6-8-11/h5-8,12-13H,3-4,9H2,1-2H3. The van der Waals surface area contributed by atoms with E-state index in [4.69, 9.17) is 0 Å². The van der Waals surface area contributed by atoms with Gasteiger partial charge in [-0.1, -0.05) is 13.3 Å². The number of benzene rings is 1. The average Bonchev–Trinajstić information content (AvgIpc) is 2.27. The van der Waals surface area contributed by atoms with Crippen LogP contribution in [-0.2, 0) is 10.0 Å². The summed E-state index contributed by atoms with van der Waals surface area (Å²) in [6.45, 7) is 1.97. The fourth-order valence-electron chi connectivity index (χ4n) is 1.27. The summed E-state index contributed by atoms with van der Waals surface area (Å²) >= 11 is 0. The zero-order chi connectivity index (χ0) is 12.0. The van der Waals surface area contributed by atoms with Crippen LogP contribution >= 0.6 is 0 Å². The Morgan fingerprint density at radius 1 is 1.12 bits per heavy atom. The third kappa shape index (κ3) is 4.10. The molecule has 0 saturated heterocycles. The molecule has 0 aliphatic carbocycles. The van der Waals surface area contributed by atoms with Crippen LogP contribution in [0.2, 0.25) is 0 Å². The molecule has 0 radical (unpaired) electrons. The molecular formula is C11H18N2O2S. The van der Waals surface area contributed by atoms with Gasteiger partial charge in [0, 0.05) is 18.4 Å². The van der Waals surface area contributed by atoms with E-state index in [0.717, 1.165) is 12.1 Å². The molecule has 1 aromatic rings. The van der Waals surface area contributed by atoms with Crippen molar-refractivity contribution in [2.24, 2.45) is 0 Å². The molecule has 0 atom stereocenters. The molecular weight excluding hydrogens is 224 g/mol. The molecule has 90 valence electrons. The van der Waals surface area contributed by atoms with Crippen molar-refractivity contribution in [1.82, 2.24) is 0 Å². The van der Waals surface area contributed by atoms with Crippen molar-refractivity contribution in [2.75, 3.05) is 22.8 Å². The van der Waals surface area contributed by atoms with Gasteiger partial charge in [-0.3, -0.25) is 4.72 Å². The fraction of sp³-hybridized carbons (Fsp3) is 0.455. The summed E-state index contributed by atoms with van der Waals surface area (Å²) in [5.41, 5.74) is 1.56. The van der Waals surface area contributed by atoms with Gasteiger partial charge in [-0.25, -0.2) is 8.42 Å². The second-order valence-corrected chi connectivity index (χ2v) is 5.44. The van der Waals surface area contributed by atoms with Crippen molar-refractivity contribution in [3.05, 3.63) is 24.3 Å². The molecule has 2 N–H and O–H groups in total. The van der Waals surface area contributed by atoms with Gasteiger partial charge >= 0.3 is 0 Å². The third-order valence-corrected chi connectivity index (χ3v) is 3.59. The Labute approximate surface area is 97.1 Å². The lowest BCUT2D eigenvalue weighted by Crippen LogP contribution is -2.16. The van der Waals surface area contributed by atoms with Gasteiger partial charge in [-0.15, -0.1) is 0 Å². The predicted molar refractivity (Wildman–Crippen MR) is 68.3 cm³/mol. The summed E-state index contributed by atoms with van der Waals surface area (Å²) in [7, 11) is -1.37. The van der Waals surface area contributed by atoms with Crippen LogP contribution in [0.25, 0.3) is 0 Å². The normalized spacial score (nSPS) is 11.1. The lowest BCUT2D eigenvalue weighted by atomic mass is 10.3. The minimum atomic E-state index is -3.19. The average molecular weight is 242 g/mol. The Kier molecular flexibility index (Phi) is 4.61. The summed E-state index contributed by atoms with van der Waals surface area (Å²) < 4.78 is 25.7. The lowest BCUT2D eigenvalue weighted by Gasteiger charge is -2.08. The Balaban J connectivity index is 2.65. The van der Waals surface area contributed by atoms with E-state index >= 15 is 0 Å². The van der Waals surface area contributed by atoms with Crippen LogP contribution in [-0.4, -0.2) is 21.2 Å². The Bertz CT molecular complexity index is 412. The topological polar surface area (TPSA) is 58.2 Å². The highest BCUT2D eigenvalue weighted by atomic mass is 32.2. The van der Waals surface area contributed by atoms with Crippen molar-refractivity contribution in [1.29, 1.82) is 0 Å². The molecule has 0 aliphatic rings. The molecule has 5 heteroatoms. The monoisotopic (exact) mass is 242 g/mol. The number of rotatable bonds is 6. The molecule has 0 fully saturated rings. The predicted octanol–water partition coefficient (Wildman–Crippen LogP) is 2.27. The van der Waals surface area contributed by atoms with E-state index in [2.05, 4.69) is 10.0 Å². The van der Waals surface area contributed by atoms with Gasteiger partial charge < -0.3 is 5.32 Å². The number of hydrogen-bond acceptors (Lipinski definition) is 3. The van der Waals surface area contributed by atoms with Crippen molar-refractivity contribution in [3.63, 3.8) is 0 Å². The SMILES string of the molecule is CCCCS(=O)(=O)Nc1ccc(NC)cc1. The quantitative estimate of drug-likeness (QED) is 0.804. The molecule has 0 unspecified atom stereocenters. The van der Waals surface area contributed by atoms with Crippen molar-refractivity contribution in [3.8, 4) is 0 Å². The third-order valence-electron chi connectivity index (χ3n) is 2.21. The lowest BCUT2D eigenvalue weighted by molar-refractivity contribution is 0.598. The van der Waals surface area contributed by atoms with Crippen LogP contribution < -0.4 is 10.0 Å². The van der Waals surface area contributed by atoms with Gasteiger partial charge in [-0.2, -0.15) is 0 Å². The van der Waals surface area contributed by atoms with Crippen molar-refractivity contribution >= 4 is 21.4 Å². The number of unbranched alkanes of at least 4 members (excludes halogenated alkanes) is 1. The number of sulfonamides is 1. The largest absolute Gasteiger partial charge is 0.388 e. The van der Waals surface area contributed by atoms with E-state index in [0.29, 0.717) is 12.1 Å². The van der Waals surface area contributed by atoms with E-state index in [-0.39, 0.29) is 5.75 Å². The van der Waals surface area contributed by atoms with Crippen molar-refractivity contribution in [2.45, 2.75) is 19.8 Å². The van der Waals surface area contributed by atoms with E-state index in [1.807, 2.05) is 26.1 Å². The first-order chi connectivity index (χ1) is 7.57. The van der Waals surface area contributed by atoms with Gasteiger partial charge in [0.2, 0.25) is 10.0 Å². The van der Waals surface area contributed by atoms with Gasteiger partial charge in [0.05, 0.1) is 5.75 Å². The van der Waals surface area contributed by atoms with Gasteiger partial charge in [0.25, 0.3) is 0 Å². The van der Waals surface area contributed by atoms with Crippen LogP contribution in [0.5, 0.6) is 0 Å². The van der Waals surface area contributed by atoms with Crippen LogP contribution in [0.15, 0.2) is 24.3 Å². The van der Waals surface area contributed by atoms with Gasteiger partial charge in [0.1, 0.15) is 0 Å². The summed E-state index contributed by atoms with van der Waals surface area (Å²) in [5.74, 6) is 0.178. The maximum atomic E-state index is 11.6. The Morgan fingerprint density at radius 3 is 2.19 bits per heavy atom. The molecule has 1 rings (SSSR count). The van der Waals surface area contributed by atoms with Crippen LogP contribution in [0.4, 0.5) is 11.4 Å². The minimum absolute atomic E-state index is 0.178. The number of nitrogens with one attached hydrogen (secondary N) is 2. The molecule has 0 heterocycles. The highest BCUT2D eigenvalue weighted by Gasteiger charge is 2.08. The molecule has 0 aliphatic heterocycles. The Morgan fingerprint density at radius 2 is 1.69 bits per heavy atom. The number of anilines is 2. The van der Waals surface area contributed by atoms with Crippen LogP contribution in [0.1, 0.15) is 19.8 Å². The first-order valence-electron chi connectivity index (χ1n) is 5.35. The van der Waals surface area contributed by atoms with E-state index in [1.54, 1.807) is 12.1 Å². The molecule has 16 heavy (non-hydrogen) atoms. The Hall–Kier alpha value is -1.23. The molecule has 4 nitrogen and oxygen atoms in total. The smallest absolute Gasteiger partial charge is 0.232 e. The second kappa shape index (κ2) is 5.75. The molecule has 1 aromatic carbocycles. The maximum Gasteiger partial charge on any atom is 0.232 e. The van der Waals surface area contributed by atoms with Gasteiger partial charge in [-0.05, 0) is 30.7 Å². The molecule has 0 bridgehead atoms. The van der Waals surface area contributed by atoms with Gasteiger partial charge in [0.15, 0.2) is 0 Å². The first kappa shape index (κ1) is 12.8. The molecule has 0 amide bonds. The number of hydrogen-bond donors (Lipinski definition) is 2. The zero-order valence-electron chi connectivity index (χ0n) is 9.66. The van der Waals surface area contributed by atoms with E-state index < -0.39 is 10.0 Å². The minimum Gasteiger partial charge on any atom is -0.388 e. The zero-order valence-corrected chi connectivity index (χ0v) is 10.5. The summed E-state index contributed by atoms with van der Waals surface area (Å²) in [5, 5.41) is 2.97. The highest BCUT2D eigenvalue weighted by Crippen LogP contribution is 2.14. The molecule has 0 aromatic heterocycles. The van der Waals surface area contributed by atoms with E-state index in [1.165, 1.54) is 0 Å². The second-order valence-electron chi connectivity index (χ2n) is 3.60. The van der Waals surface area contributed by atoms with Crippen LogP contribution in [0, 0.1) is 0 Å². The molecule has 0 spiro atoms. The summed E-state index contributed by atoms with van der Waals surface area (Å²) in [6.07, 6.45) is 1.56. The van der Waals surface area contributed by atoms with E-state index in [9.17, 15) is 8.42 Å². The summed E-state index contributed by atoms with van der Waals surface area (Å²) in [4.78, 5) is 0. The van der Waals surface area contributed by atoms with Crippen molar-refractivity contribution < 1.29 is 8.42 Å². The highest BCUT2D eigenvalue weighted by molar-refractivity contribution is 7.92. The fourth-order valence-corrected chi connectivity index (χ4v) is 2.54. The van der Waals surface area contributed by atoms with Crippen LogP contribution in [0.3, 0.4) is 0 Å². The molecule has 0 saturated carbocycles. The summed E-state index contributed by atoms with van der Waals surface area (Å²) in [6, 6.07) is 7.15. The first-order valence-corrected chi connectivity index (χ1v) is 7.01. The maximum absolute atomic E-state index is 11.6.